The lowest BCUT2D eigenvalue weighted by atomic mass is 9.92. The minimum absolute atomic E-state index is 0.150. The van der Waals surface area contributed by atoms with Crippen LogP contribution in [0.1, 0.15) is 36.2 Å². The number of ketones is 1. The van der Waals surface area contributed by atoms with Crippen LogP contribution in [0.4, 0.5) is 14.9 Å². The van der Waals surface area contributed by atoms with E-state index >= 15 is 0 Å². The van der Waals surface area contributed by atoms with Gasteiger partial charge in [0.2, 0.25) is 5.91 Å². The molecule has 1 heterocycles. The quantitative estimate of drug-likeness (QED) is 0.579. The Bertz CT molecular complexity index is 972. The zero-order chi connectivity index (χ0) is 21.2. The first-order valence-electron chi connectivity index (χ1n) is 9.08. The second-order valence-electron chi connectivity index (χ2n) is 6.86. The number of nitrogens with zero attached hydrogens (tertiary/aromatic N) is 1. The van der Waals surface area contributed by atoms with E-state index in [1.54, 1.807) is 19.1 Å². The van der Waals surface area contributed by atoms with Gasteiger partial charge in [0.1, 0.15) is 11.4 Å². The molecule has 1 fully saturated rings. The largest absolute Gasteiger partial charge is 0.326 e. The van der Waals surface area contributed by atoms with Crippen molar-refractivity contribution in [1.82, 2.24) is 10.2 Å². The van der Waals surface area contributed by atoms with Gasteiger partial charge >= 0.3 is 6.03 Å². The zero-order valence-corrected chi connectivity index (χ0v) is 16.0. The van der Waals surface area contributed by atoms with Crippen LogP contribution in [0.5, 0.6) is 0 Å². The Labute approximate surface area is 166 Å². The Morgan fingerprint density at radius 1 is 1.07 bits per heavy atom. The first kappa shape index (κ1) is 20.2. The second-order valence-corrected chi connectivity index (χ2v) is 6.86. The van der Waals surface area contributed by atoms with Gasteiger partial charge in [0.25, 0.3) is 5.91 Å². The topological polar surface area (TPSA) is 95.6 Å². The molecule has 0 spiro atoms. The molecule has 8 heteroatoms. The highest BCUT2D eigenvalue weighted by atomic mass is 19.1. The average molecular weight is 397 g/mol. The van der Waals surface area contributed by atoms with Crippen molar-refractivity contribution in [2.45, 2.75) is 25.8 Å². The number of urea groups is 1. The van der Waals surface area contributed by atoms with Gasteiger partial charge in [0, 0.05) is 17.7 Å². The highest BCUT2D eigenvalue weighted by Crippen LogP contribution is 2.29. The maximum Gasteiger partial charge on any atom is 0.325 e. The van der Waals surface area contributed by atoms with E-state index in [9.17, 15) is 23.6 Å². The van der Waals surface area contributed by atoms with E-state index in [1.807, 2.05) is 0 Å². The van der Waals surface area contributed by atoms with Crippen molar-refractivity contribution in [1.29, 1.82) is 0 Å². The average Bonchev–Trinajstić information content (AvgIpc) is 2.92. The molecule has 7 nitrogen and oxygen atoms in total. The van der Waals surface area contributed by atoms with E-state index in [0.29, 0.717) is 23.2 Å². The summed E-state index contributed by atoms with van der Waals surface area (Å²) in [5.41, 5.74) is -0.106. The molecule has 29 heavy (non-hydrogen) atoms. The zero-order valence-electron chi connectivity index (χ0n) is 16.0. The molecule has 0 aliphatic carbocycles. The fourth-order valence-corrected chi connectivity index (χ4v) is 3.04. The van der Waals surface area contributed by atoms with Gasteiger partial charge in [-0.3, -0.25) is 19.3 Å². The molecule has 1 unspecified atom stereocenters. The lowest BCUT2D eigenvalue weighted by molar-refractivity contribution is -0.130. The summed E-state index contributed by atoms with van der Waals surface area (Å²) in [7, 11) is 0. The number of hydrogen-bond acceptors (Lipinski definition) is 4. The predicted molar refractivity (Wildman–Crippen MR) is 104 cm³/mol. The van der Waals surface area contributed by atoms with Crippen LogP contribution in [0.25, 0.3) is 0 Å². The fraction of sp³-hybridized carbons (Fsp3) is 0.238. The maximum atomic E-state index is 13.2. The molecular weight excluding hydrogens is 377 g/mol. The molecule has 0 bridgehead atoms. The standard InChI is InChI=1S/C21H20FN3O4/c1-3-18(27)23-16-10-4-13(5-11-16)17(26)12-25-19(28)21(2,24-20(25)29)14-6-8-15(22)9-7-14/h4-11H,3,12H2,1-2H3,(H,23,27)(H,24,29). The number of hydrogen-bond donors (Lipinski definition) is 2. The number of benzene rings is 2. The SMILES string of the molecule is CCC(=O)Nc1ccc(C(=O)CN2C(=O)NC(C)(c3ccc(F)cc3)C2=O)cc1. The van der Waals surface area contributed by atoms with Crippen LogP contribution >= 0.6 is 0 Å². The molecular formula is C21H20FN3O4. The summed E-state index contributed by atoms with van der Waals surface area (Å²) in [5.74, 6) is -1.62. The molecule has 0 saturated carbocycles. The lowest BCUT2D eigenvalue weighted by Gasteiger charge is -2.22. The molecule has 1 saturated heterocycles. The Balaban J connectivity index is 1.73. The van der Waals surface area contributed by atoms with E-state index < -0.39 is 35.6 Å². The molecule has 3 rings (SSSR count). The van der Waals surface area contributed by atoms with Crippen molar-refractivity contribution in [2.24, 2.45) is 0 Å². The summed E-state index contributed by atoms with van der Waals surface area (Å²) in [5, 5.41) is 5.25. The minimum Gasteiger partial charge on any atom is -0.326 e. The Morgan fingerprint density at radius 3 is 2.28 bits per heavy atom. The van der Waals surface area contributed by atoms with Gasteiger partial charge in [0.15, 0.2) is 5.78 Å². The highest BCUT2D eigenvalue weighted by molar-refractivity contribution is 6.11. The normalized spacial score (nSPS) is 18.5. The van der Waals surface area contributed by atoms with Crippen molar-refractivity contribution < 1.29 is 23.6 Å². The van der Waals surface area contributed by atoms with E-state index in [1.165, 1.54) is 43.3 Å². The molecule has 2 aromatic carbocycles. The van der Waals surface area contributed by atoms with E-state index in [0.717, 1.165) is 4.90 Å². The molecule has 0 radical (unpaired) electrons. The Morgan fingerprint density at radius 2 is 1.69 bits per heavy atom. The van der Waals surface area contributed by atoms with Gasteiger partial charge in [-0.15, -0.1) is 0 Å². The number of Topliss-reactive ketones (excluding diaryl/α,β-unsaturated/α-hetero) is 1. The van der Waals surface area contributed by atoms with Crippen LogP contribution in [-0.2, 0) is 15.1 Å². The number of carbonyl (C=O) groups is 4. The third-order valence-electron chi connectivity index (χ3n) is 4.81. The predicted octanol–water partition coefficient (Wildman–Crippen LogP) is 2.82. The third-order valence-corrected chi connectivity index (χ3v) is 4.81. The number of anilines is 1. The van der Waals surface area contributed by atoms with E-state index in [4.69, 9.17) is 0 Å². The monoisotopic (exact) mass is 397 g/mol. The van der Waals surface area contributed by atoms with Crippen molar-refractivity contribution >= 4 is 29.3 Å². The lowest BCUT2D eigenvalue weighted by Crippen LogP contribution is -2.41. The number of nitrogens with one attached hydrogen (secondary N) is 2. The fourth-order valence-electron chi connectivity index (χ4n) is 3.04. The molecule has 2 aromatic rings. The van der Waals surface area contributed by atoms with Gasteiger partial charge in [0.05, 0.1) is 6.54 Å². The van der Waals surface area contributed by atoms with Gasteiger partial charge in [-0.05, 0) is 48.9 Å². The second kappa shape index (κ2) is 7.83. The summed E-state index contributed by atoms with van der Waals surface area (Å²) < 4.78 is 13.2. The van der Waals surface area contributed by atoms with Crippen LogP contribution in [0.2, 0.25) is 0 Å². The van der Waals surface area contributed by atoms with Gasteiger partial charge in [-0.1, -0.05) is 19.1 Å². The van der Waals surface area contributed by atoms with E-state index in [2.05, 4.69) is 10.6 Å². The molecule has 1 aliphatic heterocycles. The Hall–Kier alpha value is -3.55. The van der Waals surface area contributed by atoms with Crippen LogP contribution in [0.15, 0.2) is 48.5 Å². The summed E-state index contributed by atoms with van der Waals surface area (Å²) >= 11 is 0. The minimum atomic E-state index is -1.38. The van der Waals surface area contributed by atoms with Crippen molar-refractivity contribution in [3.8, 4) is 0 Å². The summed E-state index contributed by atoms with van der Waals surface area (Å²) in [6.07, 6.45) is 0.333. The molecule has 1 atom stereocenters. The van der Waals surface area contributed by atoms with Crippen LogP contribution in [0, 0.1) is 5.82 Å². The molecule has 1 aliphatic rings. The number of halogens is 1. The third kappa shape index (κ3) is 4.01. The van der Waals surface area contributed by atoms with Crippen molar-refractivity contribution in [3.63, 3.8) is 0 Å². The summed E-state index contributed by atoms with van der Waals surface area (Å²) in [4.78, 5) is 50.0. The molecule has 0 aromatic heterocycles. The van der Waals surface area contributed by atoms with Gasteiger partial charge in [-0.2, -0.15) is 0 Å². The van der Waals surface area contributed by atoms with Gasteiger partial charge in [-0.25, -0.2) is 9.18 Å². The van der Waals surface area contributed by atoms with E-state index in [-0.39, 0.29) is 5.91 Å². The first-order chi connectivity index (χ1) is 13.7. The summed E-state index contributed by atoms with van der Waals surface area (Å²) in [6.45, 7) is 2.81. The number of carbonyl (C=O) groups excluding carboxylic acids is 4. The molecule has 150 valence electrons. The first-order valence-corrected chi connectivity index (χ1v) is 9.08. The van der Waals surface area contributed by atoms with Gasteiger partial charge < -0.3 is 10.6 Å². The molecule has 2 N–H and O–H groups in total. The highest BCUT2D eigenvalue weighted by Gasteiger charge is 2.49. The summed E-state index contributed by atoms with van der Waals surface area (Å²) in [6, 6.07) is 10.7. The van der Waals surface area contributed by atoms with Crippen LogP contribution < -0.4 is 10.6 Å². The molecule has 4 amide bonds. The van der Waals surface area contributed by atoms with Crippen LogP contribution in [0.3, 0.4) is 0 Å². The number of rotatable bonds is 6. The van der Waals surface area contributed by atoms with Crippen molar-refractivity contribution in [2.75, 3.05) is 11.9 Å². The number of imide groups is 1. The van der Waals surface area contributed by atoms with Crippen LogP contribution in [-0.4, -0.2) is 35.1 Å². The Kier molecular flexibility index (Phi) is 5.45. The smallest absolute Gasteiger partial charge is 0.325 e. The van der Waals surface area contributed by atoms with Crippen molar-refractivity contribution in [3.05, 3.63) is 65.5 Å². The number of amides is 4. The maximum absolute atomic E-state index is 13.2.